The van der Waals surface area contributed by atoms with E-state index in [2.05, 4.69) is 6.07 Å². The maximum absolute atomic E-state index is 10.3. The van der Waals surface area contributed by atoms with Gasteiger partial charge in [-0.2, -0.15) is 0 Å². The third-order valence-electron chi connectivity index (χ3n) is 1.27. The van der Waals surface area contributed by atoms with Gasteiger partial charge in [0.2, 0.25) is 0 Å². The van der Waals surface area contributed by atoms with Crippen LogP contribution in [0.15, 0.2) is 18.2 Å². The quantitative estimate of drug-likeness (QED) is 0.588. The van der Waals surface area contributed by atoms with Crippen LogP contribution in [-0.4, -0.2) is 41.0 Å². The molecule has 0 heterocycles. The van der Waals surface area contributed by atoms with Gasteiger partial charge in [-0.15, -0.1) is 0 Å². The van der Waals surface area contributed by atoms with Gasteiger partial charge in [0, 0.05) is 35.1 Å². The molecule has 0 bridgehead atoms. The third kappa shape index (κ3) is 5.81. The zero-order valence-electron chi connectivity index (χ0n) is 7.76. The monoisotopic (exact) mass is 377 g/mol. The number of aryl methyl sites for hydroxylation is 1. The van der Waals surface area contributed by atoms with Gasteiger partial charge in [-0.25, -0.2) is 0 Å². The minimum atomic E-state index is -1.17. The second kappa shape index (κ2) is 9.15. The number of benzene rings is 1. The topological polar surface area (TPSA) is 71.6 Å². The van der Waals surface area contributed by atoms with Crippen molar-refractivity contribution in [2.75, 3.05) is 0 Å². The van der Waals surface area contributed by atoms with Crippen LogP contribution in [0, 0.1) is 13.0 Å². The van der Waals surface area contributed by atoms with Crippen molar-refractivity contribution in [2.24, 2.45) is 0 Å². The van der Waals surface area contributed by atoms with E-state index in [0.717, 1.165) is 0 Å². The van der Waals surface area contributed by atoms with Crippen molar-refractivity contribution in [2.45, 2.75) is 6.92 Å². The van der Waals surface area contributed by atoms with Crippen molar-refractivity contribution in [1.82, 2.24) is 0 Å². The summed E-state index contributed by atoms with van der Waals surface area (Å²) >= 11 is 0. The second-order valence-corrected chi connectivity index (χ2v) is 2.02. The molecule has 1 aromatic rings. The van der Waals surface area contributed by atoms with Crippen LogP contribution in [0.4, 0.5) is 0 Å². The van der Waals surface area contributed by atoms with Crippen LogP contribution in [0.3, 0.4) is 0 Å². The first kappa shape index (κ1) is 19.2. The van der Waals surface area contributed by atoms with Crippen LogP contribution in [-0.2, 0) is 27.7 Å². The van der Waals surface area contributed by atoms with E-state index < -0.39 is 5.97 Å². The molecule has 0 aliphatic rings. The molecule has 3 nitrogen and oxygen atoms in total. The Labute approximate surface area is 120 Å². The van der Waals surface area contributed by atoms with Crippen molar-refractivity contribution < 1.29 is 43.0 Å². The number of carboxylic acid groups (broad SMARTS) is 1. The zero-order valence-corrected chi connectivity index (χ0v) is 15.3. The van der Waals surface area contributed by atoms with E-state index in [1.807, 2.05) is 0 Å². The first-order chi connectivity index (χ1) is 4.72. The van der Waals surface area contributed by atoms with Gasteiger partial charge < -0.3 is 15.4 Å². The smallest absolute Gasteiger partial charge is 0.545 e. The molecular formula is C8H8HgNaO3. The van der Waals surface area contributed by atoms with E-state index in [0.29, 0.717) is 5.56 Å². The first-order valence-electron chi connectivity index (χ1n) is 2.90. The number of carboxylic acids is 1. The first-order valence-corrected chi connectivity index (χ1v) is 2.90. The maximum atomic E-state index is 10.3. The van der Waals surface area contributed by atoms with E-state index >= 15 is 0 Å². The SMILES string of the molecule is Cc1ccc[c]c1C(=O)[O-].O.[Hg+].[Na]. The number of hydrogen-bond acceptors (Lipinski definition) is 2. The molecule has 0 aliphatic heterocycles. The van der Waals surface area contributed by atoms with Crippen LogP contribution in [0.2, 0.25) is 0 Å². The molecule has 0 saturated heterocycles. The number of rotatable bonds is 1. The predicted octanol–water partition coefficient (Wildman–Crippen LogP) is -1.05. The molecule has 2 N–H and O–H groups in total. The van der Waals surface area contributed by atoms with E-state index in [-0.39, 0.29) is 68.3 Å². The second-order valence-electron chi connectivity index (χ2n) is 2.02. The molecule has 0 unspecified atom stereocenters. The summed E-state index contributed by atoms with van der Waals surface area (Å²) in [6, 6.07) is 7.58. The Bertz CT molecular complexity index is 265. The van der Waals surface area contributed by atoms with Crippen LogP contribution in [0.1, 0.15) is 15.9 Å². The Morgan fingerprint density at radius 2 is 2.08 bits per heavy atom. The molecule has 0 spiro atoms. The standard InChI is InChI=1S/C8H7O2.Hg.Na.H2O/c1-6-4-2-3-5-7(6)8(9)10;;;/h2-4H,1H3,(H,9,10);;;1H2/q;+1;;/p-1. The van der Waals surface area contributed by atoms with Gasteiger partial charge >= 0.3 is 27.7 Å². The fourth-order valence-electron chi connectivity index (χ4n) is 0.741. The summed E-state index contributed by atoms with van der Waals surface area (Å²) in [4.78, 5) is 10.3. The van der Waals surface area contributed by atoms with E-state index in [1.54, 1.807) is 25.1 Å². The fraction of sp³-hybridized carbons (Fsp3) is 0.125. The minimum Gasteiger partial charge on any atom is -0.545 e. The van der Waals surface area contributed by atoms with Gasteiger partial charge in [0.25, 0.3) is 0 Å². The Kier molecular flexibility index (Phi) is 13.5. The summed E-state index contributed by atoms with van der Waals surface area (Å²) in [5.41, 5.74) is 0.824. The van der Waals surface area contributed by atoms with Gasteiger partial charge in [0.05, 0.1) is 5.97 Å². The van der Waals surface area contributed by atoms with Crippen LogP contribution in [0.25, 0.3) is 0 Å². The molecular weight excluding hydrogens is 368 g/mol. The van der Waals surface area contributed by atoms with Gasteiger partial charge in [-0.3, -0.25) is 0 Å². The van der Waals surface area contributed by atoms with Gasteiger partial charge in [-0.05, 0) is 18.6 Å². The van der Waals surface area contributed by atoms with Gasteiger partial charge in [0.15, 0.2) is 0 Å². The number of carbonyl (C=O) groups excluding carboxylic acids is 1. The summed E-state index contributed by atoms with van der Waals surface area (Å²) in [7, 11) is 0. The molecule has 0 aliphatic carbocycles. The van der Waals surface area contributed by atoms with Crippen LogP contribution in [0.5, 0.6) is 0 Å². The zero-order chi connectivity index (χ0) is 7.56. The van der Waals surface area contributed by atoms with Crippen molar-refractivity contribution in [3.05, 3.63) is 35.4 Å². The molecule has 0 amide bonds. The average Bonchev–Trinajstić information content (AvgIpc) is 1.88. The number of hydrogen-bond donors (Lipinski definition) is 0. The van der Waals surface area contributed by atoms with Crippen molar-refractivity contribution in [3.8, 4) is 0 Å². The largest absolute Gasteiger partial charge is 1.00 e. The average molecular weight is 376 g/mol. The summed E-state index contributed by atoms with van der Waals surface area (Å²) < 4.78 is 0. The molecule has 3 radical (unpaired) electrons. The molecule has 0 saturated carbocycles. The third-order valence-corrected chi connectivity index (χ3v) is 1.27. The minimum absolute atomic E-state index is 0. The van der Waals surface area contributed by atoms with Gasteiger partial charge in [0.1, 0.15) is 0 Å². The Morgan fingerprint density at radius 3 is 2.38 bits per heavy atom. The van der Waals surface area contributed by atoms with Crippen LogP contribution >= 0.6 is 0 Å². The van der Waals surface area contributed by atoms with Gasteiger partial charge in [-0.1, -0.05) is 18.2 Å². The summed E-state index contributed by atoms with van der Waals surface area (Å²) in [5.74, 6) is -1.17. The van der Waals surface area contributed by atoms with E-state index in [4.69, 9.17) is 0 Å². The summed E-state index contributed by atoms with van der Waals surface area (Å²) in [6.45, 7) is 1.71. The predicted molar refractivity (Wildman–Crippen MR) is 43.7 cm³/mol. The molecule has 0 atom stereocenters. The molecule has 5 heteroatoms. The molecule has 0 fully saturated rings. The Balaban J connectivity index is -0.000000333. The molecule has 0 aromatic heterocycles. The summed E-state index contributed by atoms with van der Waals surface area (Å²) in [6.07, 6.45) is 0. The molecule has 61 valence electrons. The van der Waals surface area contributed by atoms with Crippen LogP contribution < -0.4 is 5.11 Å². The maximum Gasteiger partial charge on any atom is 1.00 e. The normalized spacial score (nSPS) is 7.15. The fourth-order valence-corrected chi connectivity index (χ4v) is 0.741. The molecule has 1 rings (SSSR count). The van der Waals surface area contributed by atoms with Crippen molar-refractivity contribution >= 4 is 35.5 Å². The molecule has 13 heavy (non-hydrogen) atoms. The molecule has 1 aromatic carbocycles. The Morgan fingerprint density at radius 1 is 1.54 bits per heavy atom. The van der Waals surface area contributed by atoms with E-state index in [9.17, 15) is 9.90 Å². The van der Waals surface area contributed by atoms with E-state index in [1.165, 1.54) is 0 Å². The summed E-state index contributed by atoms with van der Waals surface area (Å²) in [5, 5.41) is 10.3. The number of carbonyl (C=O) groups is 1. The van der Waals surface area contributed by atoms with Crippen molar-refractivity contribution in [1.29, 1.82) is 0 Å². The van der Waals surface area contributed by atoms with Crippen molar-refractivity contribution in [3.63, 3.8) is 0 Å². The Hall–Kier alpha value is 0.585. The number of aromatic carboxylic acids is 1.